The van der Waals surface area contributed by atoms with Gasteiger partial charge in [0.1, 0.15) is 0 Å². The van der Waals surface area contributed by atoms with Crippen molar-refractivity contribution in [2.24, 2.45) is 0 Å². The van der Waals surface area contributed by atoms with Gasteiger partial charge in [0.2, 0.25) is 15.9 Å². The molecule has 6 nitrogen and oxygen atoms in total. The molecule has 1 aromatic carbocycles. The standard InChI is InChI=1S/C18H25N3O3S/c1-3-16-6-4-5-12-20(16)18(22)11-13-21(25(2,23)24)17-9-7-15(14-19)8-10-17/h7-10,16H,3-6,11-13H2,1-2H3. The number of hydrogen-bond donors (Lipinski definition) is 0. The van der Waals surface area contributed by atoms with Crippen LogP contribution in [0.25, 0.3) is 0 Å². The molecule has 25 heavy (non-hydrogen) atoms. The molecule has 0 aliphatic carbocycles. The predicted molar refractivity (Wildman–Crippen MR) is 97.6 cm³/mol. The smallest absolute Gasteiger partial charge is 0.232 e. The number of likely N-dealkylation sites (tertiary alicyclic amines) is 1. The van der Waals surface area contributed by atoms with Gasteiger partial charge in [-0.25, -0.2) is 8.42 Å². The van der Waals surface area contributed by atoms with E-state index in [2.05, 4.69) is 6.92 Å². The molecule has 1 saturated heterocycles. The number of benzene rings is 1. The molecule has 0 bridgehead atoms. The number of nitriles is 1. The zero-order valence-electron chi connectivity index (χ0n) is 14.8. The van der Waals surface area contributed by atoms with Crippen molar-refractivity contribution < 1.29 is 13.2 Å². The Morgan fingerprint density at radius 3 is 2.56 bits per heavy atom. The fourth-order valence-corrected chi connectivity index (χ4v) is 4.21. The number of hydrogen-bond acceptors (Lipinski definition) is 4. The summed E-state index contributed by atoms with van der Waals surface area (Å²) in [7, 11) is -3.50. The van der Waals surface area contributed by atoms with Gasteiger partial charge in [0.05, 0.1) is 23.6 Å². The maximum absolute atomic E-state index is 12.6. The normalized spacial score (nSPS) is 17.8. The molecule has 0 N–H and O–H groups in total. The highest BCUT2D eigenvalue weighted by molar-refractivity contribution is 7.92. The van der Waals surface area contributed by atoms with E-state index in [1.165, 1.54) is 4.31 Å². The van der Waals surface area contributed by atoms with Gasteiger partial charge in [-0.3, -0.25) is 9.10 Å². The summed E-state index contributed by atoms with van der Waals surface area (Å²) in [6.45, 7) is 2.94. The van der Waals surface area contributed by atoms with Crippen molar-refractivity contribution in [3.63, 3.8) is 0 Å². The monoisotopic (exact) mass is 363 g/mol. The molecular formula is C18H25N3O3S. The molecule has 0 saturated carbocycles. The minimum absolute atomic E-state index is 0.00819. The summed E-state index contributed by atoms with van der Waals surface area (Å²) in [4.78, 5) is 14.5. The Bertz CT molecular complexity index is 738. The zero-order valence-corrected chi connectivity index (χ0v) is 15.6. The molecule has 1 aliphatic rings. The minimum Gasteiger partial charge on any atom is -0.340 e. The van der Waals surface area contributed by atoms with Gasteiger partial charge in [0.15, 0.2) is 0 Å². The number of rotatable bonds is 6. The van der Waals surface area contributed by atoms with Gasteiger partial charge in [-0.1, -0.05) is 6.92 Å². The largest absolute Gasteiger partial charge is 0.340 e. The van der Waals surface area contributed by atoms with Crippen molar-refractivity contribution in [3.05, 3.63) is 29.8 Å². The molecule has 1 aromatic rings. The molecule has 1 fully saturated rings. The first-order valence-electron chi connectivity index (χ1n) is 8.64. The minimum atomic E-state index is -3.50. The van der Waals surface area contributed by atoms with Crippen LogP contribution in [0, 0.1) is 11.3 Å². The number of amides is 1. The fraction of sp³-hybridized carbons (Fsp3) is 0.556. The second kappa shape index (κ2) is 8.34. The van der Waals surface area contributed by atoms with Crippen molar-refractivity contribution in [1.82, 2.24) is 4.90 Å². The van der Waals surface area contributed by atoms with Gasteiger partial charge in [-0.2, -0.15) is 5.26 Å². The van der Waals surface area contributed by atoms with Crippen LogP contribution in [0.15, 0.2) is 24.3 Å². The van der Waals surface area contributed by atoms with E-state index in [0.29, 0.717) is 11.3 Å². The molecule has 0 aromatic heterocycles. The molecule has 0 radical (unpaired) electrons. The van der Waals surface area contributed by atoms with Gasteiger partial charge in [0.25, 0.3) is 0 Å². The van der Waals surface area contributed by atoms with E-state index in [1.54, 1.807) is 24.3 Å². The predicted octanol–water partition coefficient (Wildman–Crippen LogP) is 2.51. The van der Waals surface area contributed by atoms with E-state index >= 15 is 0 Å². The second-order valence-corrected chi connectivity index (χ2v) is 8.30. The van der Waals surface area contributed by atoms with E-state index in [0.717, 1.165) is 38.5 Å². The molecule has 7 heteroatoms. The summed E-state index contributed by atoms with van der Waals surface area (Å²) in [5.74, 6) is 0.00819. The first kappa shape index (κ1) is 19.3. The molecule has 1 atom stereocenters. The van der Waals surface area contributed by atoms with Crippen molar-refractivity contribution in [2.75, 3.05) is 23.7 Å². The molecule has 1 amide bonds. The number of anilines is 1. The third kappa shape index (κ3) is 4.95. The molecule has 0 spiro atoms. The fourth-order valence-electron chi connectivity index (χ4n) is 3.28. The Labute approximate surface area is 150 Å². The van der Waals surface area contributed by atoms with Crippen molar-refractivity contribution in [3.8, 4) is 6.07 Å². The Morgan fingerprint density at radius 2 is 2.00 bits per heavy atom. The molecular weight excluding hydrogens is 338 g/mol. The lowest BCUT2D eigenvalue weighted by molar-refractivity contribution is -0.134. The Balaban J connectivity index is 2.10. The van der Waals surface area contributed by atoms with Crippen LogP contribution >= 0.6 is 0 Å². The molecule has 1 heterocycles. The first-order valence-corrected chi connectivity index (χ1v) is 10.5. The van der Waals surface area contributed by atoms with Gasteiger partial charge in [-0.15, -0.1) is 0 Å². The van der Waals surface area contributed by atoms with Crippen molar-refractivity contribution in [1.29, 1.82) is 5.26 Å². The summed E-state index contributed by atoms with van der Waals surface area (Å²) in [6.07, 6.45) is 5.39. The zero-order chi connectivity index (χ0) is 18.4. The Morgan fingerprint density at radius 1 is 1.32 bits per heavy atom. The summed E-state index contributed by atoms with van der Waals surface area (Å²) >= 11 is 0. The van der Waals surface area contributed by atoms with E-state index in [4.69, 9.17) is 5.26 Å². The molecule has 1 unspecified atom stereocenters. The quantitative estimate of drug-likeness (QED) is 0.777. The number of sulfonamides is 1. The van der Waals surface area contributed by atoms with Gasteiger partial charge < -0.3 is 4.90 Å². The van der Waals surface area contributed by atoms with E-state index in [1.807, 2.05) is 11.0 Å². The highest BCUT2D eigenvalue weighted by atomic mass is 32.2. The van der Waals surface area contributed by atoms with Crippen LogP contribution in [0.3, 0.4) is 0 Å². The summed E-state index contributed by atoms with van der Waals surface area (Å²) in [5.41, 5.74) is 0.937. The third-order valence-electron chi connectivity index (χ3n) is 4.63. The Hall–Kier alpha value is -2.07. The average molecular weight is 363 g/mol. The van der Waals surface area contributed by atoms with Crippen LogP contribution in [0.5, 0.6) is 0 Å². The van der Waals surface area contributed by atoms with Crippen molar-refractivity contribution in [2.45, 2.75) is 45.1 Å². The van der Waals surface area contributed by atoms with Crippen molar-refractivity contribution >= 4 is 21.6 Å². The molecule has 1 aliphatic heterocycles. The highest BCUT2D eigenvalue weighted by Gasteiger charge is 2.26. The van der Waals surface area contributed by atoms with Crippen LogP contribution in [0.1, 0.15) is 44.6 Å². The lowest BCUT2D eigenvalue weighted by Gasteiger charge is -2.36. The highest BCUT2D eigenvalue weighted by Crippen LogP contribution is 2.22. The van der Waals surface area contributed by atoms with E-state index in [9.17, 15) is 13.2 Å². The third-order valence-corrected chi connectivity index (χ3v) is 5.83. The number of nitrogens with zero attached hydrogens (tertiary/aromatic N) is 3. The topological polar surface area (TPSA) is 81.5 Å². The summed E-state index contributed by atoms with van der Waals surface area (Å²) in [6, 6.07) is 8.62. The Kier molecular flexibility index (Phi) is 6.43. The summed E-state index contributed by atoms with van der Waals surface area (Å²) < 4.78 is 25.5. The maximum Gasteiger partial charge on any atom is 0.232 e. The SMILES string of the molecule is CCC1CCCCN1C(=O)CCN(c1ccc(C#N)cc1)S(C)(=O)=O. The van der Waals surface area contributed by atoms with Crippen LogP contribution < -0.4 is 4.31 Å². The molecule has 2 rings (SSSR count). The van der Waals surface area contributed by atoms with Gasteiger partial charge in [-0.05, 0) is 49.9 Å². The van der Waals surface area contributed by atoms with Gasteiger partial charge in [0, 0.05) is 25.6 Å². The van der Waals surface area contributed by atoms with E-state index in [-0.39, 0.29) is 24.9 Å². The lowest BCUT2D eigenvalue weighted by Crippen LogP contribution is -2.44. The number of carbonyl (C=O) groups excluding carboxylic acids is 1. The van der Waals surface area contributed by atoms with Crippen LogP contribution in [0.2, 0.25) is 0 Å². The summed E-state index contributed by atoms with van der Waals surface area (Å²) in [5, 5.41) is 8.86. The number of piperidine rings is 1. The van der Waals surface area contributed by atoms with E-state index < -0.39 is 10.0 Å². The van der Waals surface area contributed by atoms with Crippen LogP contribution in [-0.2, 0) is 14.8 Å². The first-order chi connectivity index (χ1) is 11.9. The number of carbonyl (C=O) groups is 1. The maximum atomic E-state index is 12.6. The van der Waals surface area contributed by atoms with Crippen LogP contribution in [-0.4, -0.2) is 44.6 Å². The lowest BCUT2D eigenvalue weighted by atomic mass is 9.99. The molecule has 136 valence electrons. The second-order valence-electron chi connectivity index (χ2n) is 6.39. The average Bonchev–Trinajstić information content (AvgIpc) is 2.61. The van der Waals surface area contributed by atoms with Crippen LogP contribution in [0.4, 0.5) is 5.69 Å². The van der Waals surface area contributed by atoms with Gasteiger partial charge >= 0.3 is 0 Å².